The van der Waals surface area contributed by atoms with Gasteiger partial charge in [0.25, 0.3) is 0 Å². The van der Waals surface area contributed by atoms with Crippen LogP contribution >= 0.6 is 0 Å². The number of benzene rings is 2. The first kappa shape index (κ1) is 14.7. The second-order valence-corrected chi connectivity index (χ2v) is 4.30. The van der Waals surface area contributed by atoms with Gasteiger partial charge in [-0.1, -0.05) is 18.1 Å². The number of carbonyl (C=O) groups excluding carboxylic acids is 1. The van der Waals surface area contributed by atoms with E-state index in [-0.39, 0.29) is 0 Å². The van der Waals surface area contributed by atoms with Crippen LogP contribution in [0.15, 0.2) is 30.3 Å². The van der Waals surface area contributed by atoms with E-state index in [4.69, 9.17) is 9.47 Å². The van der Waals surface area contributed by atoms with Gasteiger partial charge < -0.3 is 14.2 Å². The minimum absolute atomic E-state index is 0.392. The molecular formula is C17H16O4. The highest BCUT2D eigenvalue weighted by molar-refractivity contribution is 5.90. The van der Waals surface area contributed by atoms with Gasteiger partial charge in [0, 0.05) is 17.9 Å². The molecule has 0 saturated carbocycles. The largest absolute Gasteiger partial charge is 0.497 e. The second kappa shape index (κ2) is 6.67. The Kier molecular flexibility index (Phi) is 4.68. The van der Waals surface area contributed by atoms with Crippen molar-refractivity contribution >= 4 is 16.7 Å². The van der Waals surface area contributed by atoms with Crippen LogP contribution in [0.3, 0.4) is 0 Å². The van der Waals surface area contributed by atoms with Crippen LogP contribution in [0.4, 0.5) is 0 Å². The van der Waals surface area contributed by atoms with Crippen LogP contribution in [0.2, 0.25) is 0 Å². The van der Waals surface area contributed by atoms with Crippen molar-refractivity contribution in [3.05, 3.63) is 35.9 Å². The van der Waals surface area contributed by atoms with Crippen LogP contribution in [0.1, 0.15) is 5.56 Å². The molecule has 0 N–H and O–H groups in total. The molecule has 0 spiro atoms. The maximum absolute atomic E-state index is 11.1. The van der Waals surface area contributed by atoms with Crippen LogP contribution in [0.5, 0.6) is 11.5 Å². The number of fused-ring (bicyclic) bond motifs is 1. The van der Waals surface area contributed by atoms with Gasteiger partial charge in [0.1, 0.15) is 11.5 Å². The van der Waals surface area contributed by atoms with Gasteiger partial charge in [-0.2, -0.15) is 0 Å². The monoisotopic (exact) mass is 284 g/mol. The van der Waals surface area contributed by atoms with Crippen molar-refractivity contribution in [2.24, 2.45) is 0 Å². The SMILES string of the molecule is COC(=O)C#CCc1c(OC)ccc2ccc(OC)cc12. The lowest BCUT2D eigenvalue weighted by Gasteiger charge is -2.11. The first-order valence-corrected chi connectivity index (χ1v) is 6.40. The van der Waals surface area contributed by atoms with E-state index >= 15 is 0 Å². The molecule has 21 heavy (non-hydrogen) atoms. The molecule has 0 aliphatic carbocycles. The van der Waals surface area contributed by atoms with Gasteiger partial charge in [0.15, 0.2) is 0 Å². The zero-order valence-electron chi connectivity index (χ0n) is 12.2. The quantitative estimate of drug-likeness (QED) is 0.493. The third-order valence-electron chi connectivity index (χ3n) is 3.16. The van der Waals surface area contributed by atoms with Gasteiger partial charge in [-0.05, 0) is 29.0 Å². The highest BCUT2D eigenvalue weighted by Crippen LogP contribution is 2.30. The molecule has 0 aliphatic rings. The van der Waals surface area contributed by atoms with Gasteiger partial charge in [0.2, 0.25) is 0 Å². The Hall–Kier alpha value is -2.67. The molecule has 0 heterocycles. The lowest BCUT2D eigenvalue weighted by atomic mass is 10.0. The van der Waals surface area contributed by atoms with Crippen molar-refractivity contribution in [1.82, 2.24) is 0 Å². The van der Waals surface area contributed by atoms with Crippen molar-refractivity contribution in [2.75, 3.05) is 21.3 Å². The van der Waals surface area contributed by atoms with Gasteiger partial charge in [-0.15, -0.1) is 0 Å². The number of carbonyl (C=O) groups is 1. The summed E-state index contributed by atoms with van der Waals surface area (Å²) in [6, 6.07) is 9.69. The Morgan fingerprint density at radius 3 is 2.52 bits per heavy atom. The molecule has 2 aromatic rings. The summed E-state index contributed by atoms with van der Waals surface area (Å²) in [5.41, 5.74) is 0.922. The maximum atomic E-state index is 11.1. The van der Waals surface area contributed by atoms with Crippen LogP contribution in [-0.4, -0.2) is 27.3 Å². The number of methoxy groups -OCH3 is 3. The normalized spacial score (nSPS) is 9.67. The summed E-state index contributed by atoms with van der Waals surface area (Å²) in [7, 11) is 4.54. The molecule has 0 unspecified atom stereocenters. The predicted octanol–water partition coefficient (Wildman–Crippen LogP) is 2.58. The van der Waals surface area contributed by atoms with E-state index in [0.29, 0.717) is 6.42 Å². The molecule has 0 amide bonds. The highest BCUT2D eigenvalue weighted by atomic mass is 16.5. The molecule has 0 saturated heterocycles. The zero-order chi connectivity index (χ0) is 15.2. The molecule has 0 radical (unpaired) electrons. The molecule has 4 nitrogen and oxygen atoms in total. The Morgan fingerprint density at radius 1 is 1.10 bits per heavy atom. The average Bonchev–Trinajstić information content (AvgIpc) is 2.54. The number of ether oxygens (including phenoxy) is 3. The summed E-state index contributed by atoms with van der Waals surface area (Å²) in [6.45, 7) is 0. The number of hydrogen-bond donors (Lipinski definition) is 0. The van der Waals surface area contributed by atoms with Crippen molar-refractivity contribution in [3.8, 4) is 23.3 Å². The zero-order valence-corrected chi connectivity index (χ0v) is 12.2. The molecule has 2 aromatic carbocycles. The van der Waals surface area contributed by atoms with E-state index < -0.39 is 5.97 Å². The Labute approximate surface area is 123 Å². The van der Waals surface area contributed by atoms with Crippen LogP contribution in [0, 0.1) is 11.8 Å². The summed E-state index contributed by atoms with van der Waals surface area (Å²) < 4.78 is 15.2. The molecule has 2 rings (SSSR count). The van der Waals surface area contributed by atoms with Crippen LogP contribution in [-0.2, 0) is 16.0 Å². The van der Waals surface area contributed by atoms with E-state index in [1.54, 1.807) is 14.2 Å². The van der Waals surface area contributed by atoms with Crippen LogP contribution < -0.4 is 9.47 Å². The fourth-order valence-electron chi connectivity index (χ4n) is 2.10. The molecule has 0 aliphatic heterocycles. The molecule has 0 bridgehead atoms. The van der Waals surface area contributed by atoms with Gasteiger partial charge in [-0.3, -0.25) is 0 Å². The predicted molar refractivity (Wildman–Crippen MR) is 80.5 cm³/mol. The highest BCUT2D eigenvalue weighted by Gasteiger charge is 2.08. The van der Waals surface area contributed by atoms with E-state index in [1.165, 1.54) is 7.11 Å². The van der Waals surface area contributed by atoms with Crippen molar-refractivity contribution in [1.29, 1.82) is 0 Å². The lowest BCUT2D eigenvalue weighted by molar-refractivity contribution is -0.133. The third-order valence-corrected chi connectivity index (χ3v) is 3.16. The van der Waals surface area contributed by atoms with E-state index in [0.717, 1.165) is 27.8 Å². The number of hydrogen-bond acceptors (Lipinski definition) is 4. The Morgan fingerprint density at radius 2 is 1.86 bits per heavy atom. The maximum Gasteiger partial charge on any atom is 0.384 e. The lowest BCUT2D eigenvalue weighted by Crippen LogP contribution is -1.96. The van der Waals surface area contributed by atoms with E-state index in [2.05, 4.69) is 16.6 Å². The summed E-state index contributed by atoms with van der Waals surface area (Å²) >= 11 is 0. The minimum atomic E-state index is -0.549. The van der Waals surface area contributed by atoms with Crippen LogP contribution in [0.25, 0.3) is 10.8 Å². The van der Waals surface area contributed by atoms with Crippen molar-refractivity contribution in [2.45, 2.75) is 6.42 Å². The first-order valence-electron chi connectivity index (χ1n) is 6.40. The fraction of sp³-hybridized carbons (Fsp3) is 0.235. The third kappa shape index (κ3) is 3.26. The van der Waals surface area contributed by atoms with Crippen molar-refractivity contribution < 1.29 is 19.0 Å². The van der Waals surface area contributed by atoms with Crippen molar-refractivity contribution in [3.63, 3.8) is 0 Å². The average molecular weight is 284 g/mol. The number of rotatable bonds is 3. The molecule has 4 heteroatoms. The molecule has 0 aromatic heterocycles. The van der Waals surface area contributed by atoms with Gasteiger partial charge in [0.05, 0.1) is 21.3 Å². The van der Waals surface area contributed by atoms with E-state index in [9.17, 15) is 4.79 Å². The number of esters is 1. The molecule has 0 fully saturated rings. The molecule has 108 valence electrons. The molecule has 0 atom stereocenters. The minimum Gasteiger partial charge on any atom is -0.497 e. The molecular weight excluding hydrogens is 268 g/mol. The standard InChI is InChI=1S/C17H16O4/c1-19-13-9-7-12-8-10-16(20-2)14(15(12)11-13)5-4-6-17(18)21-3/h7-11H,5H2,1-3H3. The van der Waals surface area contributed by atoms with Gasteiger partial charge >= 0.3 is 5.97 Å². The second-order valence-electron chi connectivity index (χ2n) is 4.30. The Bertz CT molecular complexity index is 717. The van der Waals surface area contributed by atoms with Gasteiger partial charge in [-0.25, -0.2) is 4.79 Å². The fourth-order valence-corrected chi connectivity index (χ4v) is 2.10. The summed E-state index contributed by atoms with van der Waals surface area (Å²) in [5, 5.41) is 2.05. The summed E-state index contributed by atoms with van der Waals surface area (Å²) in [4.78, 5) is 11.1. The summed E-state index contributed by atoms with van der Waals surface area (Å²) in [5.74, 6) is 6.18. The Balaban J connectivity index is 2.50. The first-order chi connectivity index (χ1) is 10.2. The topological polar surface area (TPSA) is 44.8 Å². The smallest absolute Gasteiger partial charge is 0.384 e. The van der Waals surface area contributed by atoms with E-state index in [1.807, 2.05) is 30.3 Å². The summed E-state index contributed by atoms with van der Waals surface area (Å²) in [6.07, 6.45) is 0.392.